The number of urea groups is 1. The second-order valence-corrected chi connectivity index (χ2v) is 11.3. The van der Waals surface area contributed by atoms with Crippen molar-refractivity contribution in [1.82, 2.24) is 14.2 Å². The molecule has 2 heterocycles. The molecule has 3 rings (SSSR count). The summed E-state index contributed by atoms with van der Waals surface area (Å²) in [6.07, 6.45) is 8.28. The van der Waals surface area contributed by atoms with Gasteiger partial charge in [0, 0.05) is 25.2 Å². The van der Waals surface area contributed by atoms with E-state index in [9.17, 15) is 13.2 Å². The van der Waals surface area contributed by atoms with E-state index in [-0.39, 0.29) is 18.1 Å². The van der Waals surface area contributed by atoms with Gasteiger partial charge in [0.15, 0.2) is 5.13 Å². The fraction of sp³-hybridized carbons (Fsp3) is 0.765. The monoisotopic (exact) mass is 434 g/mol. The third-order valence-electron chi connectivity index (χ3n) is 5.59. The van der Waals surface area contributed by atoms with E-state index >= 15 is 0 Å². The number of amides is 2. The van der Waals surface area contributed by atoms with Gasteiger partial charge in [0.1, 0.15) is 4.34 Å². The summed E-state index contributed by atoms with van der Waals surface area (Å²) in [4.78, 5) is 19.2. The summed E-state index contributed by atoms with van der Waals surface area (Å²) in [5, 5.41) is 3.38. The van der Waals surface area contributed by atoms with Crippen molar-refractivity contribution in [3.05, 3.63) is 10.5 Å². The first-order valence-electron chi connectivity index (χ1n) is 9.40. The summed E-state index contributed by atoms with van der Waals surface area (Å²) in [6, 6.07) is 0.0710. The van der Waals surface area contributed by atoms with Crippen molar-refractivity contribution >= 4 is 44.1 Å². The third-order valence-corrected chi connectivity index (χ3v) is 7.92. The maximum atomic E-state index is 13.1. The van der Waals surface area contributed by atoms with Crippen LogP contribution >= 0.6 is 22.9 Å². The van der Waals surface area contributed by atoms with E-state index in [0.717, 1.165) is 25.7 Å². The molecule has 0 atom stereocenters. The van der Waals surface area contributed by atoms with Crippen LogP contribution in [0.2, 0.25) is 4.34 Å². The molecular weight excluding hydrogens is 408 g/mol. The number of rotatable bonds is 4. The molecule has 7 nitrogen and oxygen atoms in total. The molecule has 1 aliphatic carbocycles. The molecule has 1 saturated carbocycles. The van der Waals surface area contributed by atoms with Gasteiger partial charge in [-0.3, -0.25) is 5.32 Å². The van der Waals surface area contributed by atoms with Crippen LogP contribution in [0.3, 0.4) is 0 Å². The van der Waals surface area contributed by atoms with Crippen molar-refractivity contribution in [2.45, 2.75) is 57.5 Å². The molecule has 2 amide bonds. The average Bonchev–Trinajstić information content (AvgIpc) is 3.01. The number of halogens is 1. The van der Waals surface area contributed by atoms with Gasteiger partial charge in [-0.25, -0.2) is 22.5 Å². The molecule has 2 fully saturated rings. The van der Waals surface area contributed by atoms with Crippen LogP contribution in [0.4, 0.5) is 9.93 Å². The molecule has 0 spiro atoms. The lowest BCUT2D eigenvalue weighted by molar-refractivity contribution is 0.0980. The lowest BCUT2D eigenvalue weighted by Crippen LogP contribution is -2.54. The molecular formula is C17H27ClN4O3S2. The number of sulfonamides is 1. The highest BCUT2D eigenvalue weighted by Crippen LogP contribution is 2.32. The van der Waals surface area contributed by atoms with Gasteiger partial charge in [0.25, 0.3) is 0 Å². The Hall–Kier alpha value is -0.900. The number of piperidine rings is 1. The van der Waals surface area contributed by atoms with Gasteiger partial charge in [0.2, 0.25) is 10.0 Å². The summed E-state index contributed by atoms with van der Waals surface area (Å²) in [6.45, 7) is 3.17. The van der Waals surface area contributed by atoms with Gasteiger partial charge in [-0.15, -0.1) is 0 Å². The topological polar surface area (TPSA) is 82.6 Å². The Bertz CT molecular complexity index is 754. The average molecular weight is 435 g/mol. The Labute approximate surface area is 170 Å². The zero-order valence-corrected chi connectivity index (χ0v) is 18.1. The largest absolute Gasteiger partial charge is 0.324 e. The zero-order valence-electron chi connectivity index (χ0n) is 15.7. The second kappa shape index (κ2) is 8.63. The minimum absolute atomic E-state index is 0.0387. The van der Waals surface area contributed by atoms with Crippen molar-refractivity contribution in [2.75, 3.05) is 24.7 Å². The Morgan fingerprint density at radius 2 is 1.81 bits per heavy atom. The lowest BCUT2D eigenvalue weighted by atomic mass is 9.85. The Morgan fingerprint density at radius 1 is 1.22 bits per heavy atom. The quantitative estimate of drug-likeness (QED) is 0.784. The minimum Gasteiger partial charge on any atom is -0.318 e. The van der Waals surface area contributed by atoms with Gasteiger partial charge in [0.05, 0.1) is 12.5 Å². The maximum Gasteiger partial charge on any atom is 0.324 e. The van der Waals surface area contributed by atoms with Crippen LogP contribution in [0.25, 0.3) is 0 Å². The molecule has 152 valence electrons. The number of nitrogens with zero attached hydrogens (tertiary/aromatic N) is 3. The van der Waals surface area contributed by atoms with Crippen LogP contribution in [0.5, 0.6) is 0 Å². The predicted octanol–water partition coefficient (Wildman–Crippen LogP) is 3.63. The summed E-state index contributed by atoms with van der Waals surface area (Å²) in [5.74, 6) is 0.691. The second-order valence-electron chi connectivity index (χ2n) is 7.61. The normalized spacial score (nSPS) is 25.3. The van der Waals surface area contributed by atoms with E-state index in [4.69, 9.17) is 11.6 Å². The van der Waals surface area contributed by atoms with Gasteiger partial charge < -0.3 is 4.90 Å². The van der Waals surface area contributed by atoms with Crippen LogP contribution in [-0.4, -0.2) is 60.1 Å². The fourth-order valence-electron chi connectivity index (χ4n) is 4.07. The first kappa shape index (κ1) is 20.8. The van der Waals surface area contributed by atoms with E-state index in [0.29, 0.717) is 41.3 Å². The van der Waals surface area contributed by atoms with Crippen LogP contribution in [0, 0.1) is 5.92 Å². The summed E-state index contributed by atoms with van der Waals surface area (Å²) in [5.41, 5.74) is 0. The Kier molecular flexibility index (Phi) is 6.66. The number of hydrogen-bond donors (Lipinski definition) is 1. The van der Waals surface area contributed by atoms with E-state index in [2.05, 4.69) is 17.2 Å². The molecule has 1 N–H and O–H groups in total. The minimum atomic E-state index is -3.18. The summed E-state index contributed by atoms with van der Waals surface area (Å²) in [7, 11) is -3.18. The smallest absolute Gasteiger partial charge is 0.318 e. The maximum absolute atomic E-state index is 13.1. The van der Waals surface area contributed by atoms with E-state index < -0.39 is 10.0 Å². The van der Waals surface area contributed by atoms with Crippen molar-refractivity contribution < 1.29 is 13.2 Å². The highest BCUT2D eigenvalue weighted by Gasteiger charge is 2.36. The molecule has 0 bridgehead atoms. The van der Waals surface area contributed by atoms with Gasteiger partial charge in [-0.05, 0) is 44.4 Å². The van der Waals surface area contributed by atoms with Gasteiger partial charge in [-0.1, -0.05) is 29.9 Å². The predicted molar refractivity (Wildman–Crippen MR) is 109 cm³/mol. The molecule has 1 aromatic heterocycles. The highest BCUT2D eigenvalue weighted by atomic mass is 35.5. The molecule has 1 aromatic rings. The molecule has 27 heavy (non-hydrogen) atoms. The number of hydrogen-bond acceptors (Lipinski definition) is 5. The molecule has 0 radical (unpaired) electrons. The fourth-order valence-corrected chi connectivity index (χ4v) is 5.75. The lowest BCUT2D eigenvalue weighted by Gasteiger charge is -2.43. The number of anilines is 1. The molecule has 0 aromatic carbocycles. The molecule has 2 aliphatic rings. The Balaban J connectivity index is 1.72. The Morgan fingerprint density at radius 3 is 2.33 bits per heavy atom. The standard InChI is InChI=1S/C17H27ClN4O3S2/c1-12-3-5-13(6-4-12)22(17(23)20-16-19-11-15(18)26-16)14-7-9-21(10-8-14)27(2,24)25/h11-14H,3-10H2,1-2H3,(H,19,20,23)/t12-,13-. The first-order chi connectivity index (χ1) is 12.7. The molecule has 10 heteroatoms. The van der Waals surface area contributed by atoms with Crippen LogP contribution in [0.15, 0.2) is 6.20 Å². The van der Waals surface area contributed by atoms with E-state index in [1.54, 1.807) is 0 Å². The van der Waals surface area contributed by atoms with Crippen molar-refractivity contribution in [3.63, 3.8) is 0 Å². The molecule has 1 aliphatic heterocycles. The van der Waals surface area contributed by atoms with E-state index in [1.165, 1.54) is 28.1 Å². The first-order valence-corrected chi connectivity index (χ1v) is 12.4. The van der Waals surface area contributed by atoms with E-state index in [1.807, 2.05) is 4.90 Å². The number of nitrogens with one attached hydrogen (secondary N) is 1. The van der Waals surface area contributed by atoms with Gasteiger partial charge >= 0.3 is 6.03 Å². The van der Waals surface area contributed by atoms with Gasteiger partial charge in [-0.2, -0.15) is 0 Å². The van der Waals surface area contributed by atoms with Crippen molar-refractivity contribution in [2.24, 2.45) is 5.92 Å². The summed E-state index contributed by atoms with van der Waals surface area (Å²) < 4.78 is 25.6. The number of aromatic nitrogens is 1. The number of carbonyl (C=O) groups excluding carboxylic acids is 1. The number of thiazole rings is 1. The summed E-state index contributed by atoms with van der Waals surface area (Å²) >= 11 is 7.16. The van der Waals surface area contributed by atoms with Crippen LogP contribution in [-0.2, 0) is 10.0 Å². The van der Waals surface area contributed by atoms with Crippen LogP contribution in [0.1, 0.15) is 45.4 Å². The SMILES string of the molecule is CS(=O)(=O)N1CCC(N(C(=O)Nc2ncc(Cl)s2)[C@H]2CC[C@H](C)CC2)CC1. The van der Waals surface area contributed by atoms with Crippen LogP contribution < -0.4 is 5.32 Å². The van der Waals surface area contributed by atoms with Crippen molar-refractivity contribution in [3.8, 4) is 0 Å². The zero-order chi connectivity index (χ0) is 19.6. The molecule has 1 saturated heterocycles. The highest BCUT2D eigenvalue weighted by molar-refractivity contribution is 7.88. The third kappa shape index (κ3) is 5.34. The van der Waals surface area contributed by atoms with Crippen molar-refractivity contribution in [1.29, 1.82) is 0 Å². The molecule has 0 unspecified atom stereocenters. The number of carbonyl (C=O) groups is 1.